The van der Waals surface area contributed by atoms with Gasteiger partial charge in [-0.3, -0.25) is 39.0 Å². The van der Waals surface area contributed by atoms with Crippen molar-refractivity contribution in [1.29, 1.82) is 0 Å². The Morgan fingerprint density at radius 2 is 1.53 bits per heavy atom. The van der Waals surface area contributed by atoms with E-state index in [1.165, 1.54) is 30.2 Å². The standard InChI is InChI=1S/C29H40N6O7S/c1-4-35(25(29(41)34-33-19(2)36)17-20-8-6-5-7-9-20)26(38)18-31-28(40)24(14-15-43(3)42)32-27(39)23(30)16-21-10-12-22(37)13-11-21/h5-13,23-25,37H,4,14-18,30H2,1-3H3,(H,31,40)(H,32,39)(H,33,36)(H,34,41)/t23-,24+,25-,43?/m0/s1. The number of rotatable bonds is 15. The van der Waals surface area contributed by atoms with Crippen molar-refractivity contribution in [2.45, 2.75) is 51.2 Å². The van der Waals surface area contributed by atoms with E-state index >= 15 is 0 Å². The van der Waals surface area contributed by atoms with Crippen molar-refractivity contribution in [3.8, 4) is 5.75 Å². The number of nitrogens with zero attached hydrogens (tertiary/aromatic N) is 1. The molecule has 5 amide bonds. The van der Waals surface area contributed by atoms with Crippen LogP contribution in [0.4, 0.5) is 0 Å². The fourth-order valence-electron chi connectivity index (χ4n) is 4.18. The fraction of sp³-hybridized carbons (Fsp3) is 0.414. The maximum Gasteiger partial charge on any atom is 0.261 e. The van der Waals surface area contributed by atoms with Crippen molar-refractivity contribution in [3.05, 3.63) is 65.7 Å². The number of carbonyl (C=O) groups excluding carboxylic acids is 5. The predicted octanol–water partition coefficient (Wildman–Crippen LogP) is -0.741. The summed E-state index contributed by atoms with van der Waals surface area (Å²) in [7, 11) is -1.26. The maximum absolute atomic E-state index is 13.3. The number of nitrogens with two attached hydrogens (primary N) is 1. The summed E-state index contributed by atoms with van der Waals surface area (Å²) in [6.07, 6.45) is 1.80. The van der Waals surface area contributed by atoms with E-state index < -0.39 is 65.0 Å². The van der Waals surface area contributed by atoms with E-state index in [-0.39, 0.29) is 37.3 Å². The number of amides is 5. The van der Waals surface area contributed by atoms with E-state index in [1.54, 1.807) is 43.3 Å². The molecule has 0 saturated heterocycles. The van der Waals surface area contributed by atoms with Crippen LogP contribution in [-0.2, 0) is 47.6 Å². The van der Waals surface area contributed by atoms with Crippen molar-refractivity contribution in [3.63, 3.8) is 0 Å². The van der Waals surface area contributed by atoms with E-state index in [4.69, 9.17) is 5.73 Å². The summed E-state index contributed by atoms with van der Waals surface area (Å²) in [5.41, 5.74) is 12.1. The predicted molar refractivity (Wildman–Crippen MR) is 162 cm³/mol. The molecule has 0 saturated carbocycles. The third-order valence-electron chi connectivity index (χ3n) is 6.44. The molecule has 0 heterocycles. The average Bonchev–Trinajstić information content (AvgIpc) is 2.97. The highest BCUT2D eigenvalue weighted by molar-refractivity contribution is 7.84. The number of hydrazine groups is 1. The van der Waals surface area contributed by atoms with Gasteiger partial charge >= 0.3 is 0 Å². The van der Waals surface area contributed by atoms with Crippen molar-refractivity contribution < 1.29 is 33.3 Å². The molecule has 4 atom stereocenters. The largest absolute Gasteiger partial charge is 0.508 e. The van der Waals surface area contributed by atoms with Gasteiger partial charge in [-0.1, -0.05) is 42.5 Å². The molecule has 0 aliphatic carbocycles. The molecule has 0 fully saturated rings. The van der Waals surface area contributed by atoms with Crippen molar-refractivity contribution in [1.82, 2.24) is 26.4 Å². The molecule has 2 aromatic rings. The molecule has 1 unspecified atom stereocenters. The van der Waals surface area contributed by atoms with E-state index in [0.29, 0.717) is 5.56 Å². The highest BCUT2D eigenvalue weighted by atomic mass is 32.2. The van der Waals surface area contributed by atoms with Crippen LogP contribution in [0.5, 0.6) is 5.75 Å². The van der Waals surface area contributed by atoms with E-state index in [2.05, 4.69) is 21.5 Å². The van der Waals surface area contributed by atoms with Crippen LogP contribution in [0.3, 0.4) is 0 Å². The Morgan fingerprint density at radius 3 is 2.12 bits per heavy atom. The topological polar surface area (TPSA) is 200 Å². The number of aromatic hydroxyl groups is 1. The number of hydrogen-bond acceptors (Lipinski definition) is 8. The maximum atomic E-state index is 13.3. The highest BCUT2D eigenvalue weighted by Crippen LogP contribution is 2.12. The minimum atomic E-state index is -1.26. The minimum Gasteiger partial charge on any atom is -0.508 e. The first-order valence-electron chi connectivity index (χ1n) is 13.7. The van der Waals surface area contributed by atoms with Crippen LogP contribution >= 0.6 is 0 Å². The number of likely N-dealkylation sites (N-methyl/N-ethyl adjacent to an activating group) is 1. The summed E-state index contributed by atoms with van der Waals surface area (Å²) in [6, 6.07) is 12.1. The molecule has 234 valence electrons. The van der Waals surface area contributed by atoms with Gasteiger partial charge in [0.1, 0.15) is 17.8 Å². The number of hydrogen-bond donors (Lipinski definition) is 6. The third kappa shape index (κ3) is 12.2. The average molecular weight is 617 g/mol. The second-order valence-electron chi connectivity index (χ2n) is 9.88. The molecular formula is C29H40N6O7S. The number of benzene rings is 2. The summed E-state index contributed by atoms with van der Waals surface area (Å²) in [5, 5.41) is 14.5. The Balaban J connectivity index is 2.11. The lowest BCUT2D eigenvalue weighted by molar-refractivity contribution is -0.141. The molecule has 7 N–H and O–H groups in total. The first-order valence-corrected chi connectivity index (χ1v) is 15.4. The quantitative estimate of drug-likeness (QED) is 0.141. The highest BCUT2D eigenvalue weighted by Gasteiger charge is 2.30. The van der Waals surface area contributed by atoms with Crippen LogP contribution in [0, 0.1) is 0 Å². The van der Waals surface area contributed by atoms with Crippen LogP contribution in [-0.4, -0.2) is 87.0 Å². The Kier molecular flexibility index (Phi) is 14.3. The van der Waals surface area contributed by atoms with Gasteiger partial charge in [0.05, 0.1) is 12.6 Å². The first-order chi connectivity index (χ1) is 20.4. The Labute approximate surface area is 253 Å². The minimum absolute atomic E-state index is 0.0358. The lowest BCUT2D eigenvalue weighted by atomic mass is 10.0. The molecule has 2 aromatic carbocycles. The van der Waals surface area contributed by atoms with Crippen LogP contribution in [0.2, 0.25) is 0 Å². The smallest absolute Gasteiger partial charge is 0.261 e. The molecule has 43 heavy (non-hydrogen) atoms. The zero-order chi connectivity index (χ0) is 31.9. The number of nitrogens with one attached hydrogen (secondary N) is 4. The number of phenols is 1. The zero-order valence-electron chi connectivity index (χ0n) is 24.5. The Hall–Kier alpha value is -4.30. The van der Waals surface area contributed by atoms with Gasteiger partial charge in [0.2, 0.25) is 23.6 Å². The fourth-order valence-corrected chi connectivity index (χ4v) is 4.75. The molecule has 0 aliphatic rings. The van der Waals surface area contributed by atoms with Crippen molar-refractivity contribution >= 4 is 40.3 Å². The molecule has 2 rings (SSSR count). The lowest BCUT2D eigenvalue weighted by Gasteiger charge is -2.30. The molecule has 0 bridgehead atoms. The van der Waals surface area contributed by atoms with Gasteiger partial charge in [-0.05, 0) is 43.0 Å². The second kappa shape index (κ2) is 17.6. The summed E-state index contributed by atoms with van der Waals surface area (Å²) < 4.78 is 11.7. The van der Waals surface area contributed by atoms with Gasteiger partial charge in [0.15, 0.2) is 0 Å². The summed E-state index contributed by atoms with van der Waals surface area (Å²) >= 11 is 0. The SMILES string of the molecule is CCN(C(=O)CNC(=O)[C@@H](CCS(C)=O)NC(=O)[C@@H](N)Cc1ccc(O)cc1)[C@@H](Cc1ccccc1)C(=O)NNC(C)=O. The van der Waals surface area contributed by atoms with Crippen LogP contribution in [0.15, 0.2) is 54.6 Å². The summed E-state index contributed by atoms with van der Waals surface area (Å²) in [5.74, 6) is -2.78. The van der Waals surface area contributed by atoms with E-state index in [9.17, 15) is 33.3 Å². The Bertz CT molecular complexity index is 1280. The van der Waals surface area contributed by atoms with Crippen molar-refractivity contribution in [2.75, 3.05) is 25.1 Å². The normalized spacial score (nSPS) is 13.5. The van der Waals surface area contributed by atoms with Crippen molar-refractivity contribution in [2.24, 2.45) is 5.73 Å². The molecule has 0 radical (unpaired) electrons. The summed E-state index contributed by atoms with van der Waals surface area (Å²) in [4.78, 5) is 64.8. The van der Waals surface area contributed by atoms with Crippen LogP contribution in [0.25, 0.3) is 0 Å². The van der Waals surface area contributed by atoms with Gasteiger partial charge < -0.3 is 26.4 Å². The zero-order valence-corrected chi connectivity index (χ0v) is 25.3. The molecule has 0 aliphatic heterocycles. The van der Waals surface area contributed by atoms with Gasteiger partial charge in [-0.15, -0.1) is 0 Å². The molecule has 13 nitrogen and oxygen atoms in total. The van der Waals surface area contributed by atoms with E-state index in [1.807, 2.05) is 6.07 Å². The second-order valence-corrected chi connectivity index (χ2v) is 11.4. The molecular weight excluding hydrogens is 576 g/mol. The van der Waals surface area contributed by atoms with Gasteiger partial charge in [0, 0.05) is 42.7 Å². The van der Waals surface area contributed by atoms with Crippen LogP contribution in [0.1, 0.15) is 31.4 Å². The van der Waals surface area contributed by atoms with Crippen LogP contribution < -0.4 is 27.2 Å². The third-order valence-corrected chi connectivity index (χ3v) is 7.25. The van der Waals surface area contributed by atoms with E-state index in [0.717, 1.165) is 5.56 Å². The van der Waals surface area contributed by atoms with Gasteiger partial charge in [-0.25, -0.2) is 0 Å². The molecule has 0 spiro atoms. The lowest BCUT2D eigenvalue weighted by Crippen LogP contribution is -2.57. The Morgan fingerprint density at radius 1 is 0.907 bits per heavy atom. The first kappa shape index (κ1) is 34.9. The number of phenolic OH excluding ortho intramolecular Hbond substituents is 1. The summed E-state index contributed by atoms with van der Waals surface area (Å²) in [6.45, 7) is 2.56. The molecule has 14 heteroatoms. The van der Waals surface area contributed by atoms with Gasteiger partial charge in [-0.2, -0.15) is 0 Å². The monoisotopic (exact) mass is 616 g/mol. The van der Waals surface area contributed by atoms with Gasteiger partial charge in [0.25, 0.3) is 5.91 Å². The molecule has 0 aromatic heterocycles. The number of carbonyl (C=O) groups is 5.